The van der Waals surface area contributed by atoms with Gasteiger partial charge in [0.2, 0.25) is 0 Å². The highest BCUT2D eigenvalue weighted by Gasteiger charge is 1.89. The number of hydrogen-bond acceptors (Lipinski definition) is 2. The van der Waals surface area contributed by atoms with Gasteiger partial charge >= 0.3 is 5.97 Å². The summed E-state index contributed by atoms with van der Waals surface area (Å²) in [5.74, 6) is 5.39. The second-order valence-electron chi connectivity index (χ2n) is 2.51. The summed E-state index contributed by atoms with van der Waals surface area (Å²) >= 11 is 0. The van der Waals surface area contributed by atoms with Crippen LogP contribution in [0.25, 0.3) is 0 Å². The summed E-state index contributed by atoms with van der Waals surface area (Å²) in [6, 6.07) is 0. The molecule has 2 nitrogen and oxygen atoms in total. The van der Waals surface area contributed by atoms with Crippen LogP contribution >= 0.6 is 0 Å². The van der Waals surface area contributed by atoms with Gasteiger partial charge in [-0.05, 0) is 19.4 Å². The van der Waals surface area contributed by atoms with E-state index in [1.807, 2.05) is 0 Å². The summed E-state index contributed by atoms with van der Waals surface area (Å²) in [6.45, 7) is 4.31. The molecule has 0 aliphatic rings. The van der Waals surface area contributed by atoms with E-state index in [-0.39, 0.29) is 5.97 Å². The van der Waals surface area contributed by atoms with E-state index in [2.05, 4.69) is 23.5 Å². The molecule has 0 spiro atoms. The van der Waals surface area contributed by atoms with Gasteiger partial charge in [-0.3, -0.25) is 0 Å². The lowest BCUT2D eigenvalue weighted by atomic mass is 10.2. The van der Waals surface area contributed by atoms with Gasteiger partial charge in [-0.1, -0.05) is 25.2 Å². The van der Waals surface area contributed by atoms with Gasteiger partial charge in [0, 0.05) is 12.5 Å². The van der Waals surface area contributed by atoms with Crippen molar-refractivity contribution >= 4 is 5.97 Å². The average Bonchev–Trinajstić information content (AvgIpc) is 2.11. The third-order valence-electron chi connectivity index (χ3n) is 1.35. The lowest BCUT2D eigenvalue weighted by molar-refractivity contribution is -0.137. The molecular weight excluding hydrogens is 164 g/mol. The first kappa shape index (κ1) is 11.8. The molecule has 0 aliphatic heterocycles. The van der Waals surface area contributed by atoms with Gasteiger partial charge in [0.15, 0.2) is 0 Å². The van der Waals surface area contributed by atoms with Crippen molar-refractivity contribution < 1.29 is 9.53 Å². The van der Waals surface area contributed by atoms with Gasteiger partial charge in [-0.25, -0.2) is 4.79 Å². The second-order valence-corrected chi connectivity index (χ2v) is 2.51. The molecule has 2 heteroatoms. The monoisotopic (exact) mass is 180 g/mol. The molecule has 0 aliphatic carbocycles. The quantitative estimate of drug-likeness (QED) is 0.287. The summed E-state index contributed by atoms with van der Waals surface area (Å²) in [6.07, 6.45) is 6.04. The van der Waals surface area contributed by atoms with Crippen LogP contribution < -0.4 is 0 Å². The molecule has 0 unspecified atom stereocenters. The van der Waals surface area contributed by atoms with Crippen molar-refractivity contribution in [3.63, 3.8) is 0 Å². The van der Waals surface area contributed by atoms with Gasteiger partial charge < -0.3 is 4.74 Å². The van der Waals surface area contributed by atoms with E-state index in [4.69, 9.17) is 0 Å². The van der Waals surface area contributed by atoms with Gasteiger partial charge in [0.1, 0.15) is 0 Å². The fourth-order valence-corrected chi connectivity index (χ4v) is 0.696. The number of hydrogen-bond donors (Lipinski definition) is 0. The highest BCUT2D eigenvalue weighted by molar-refractivity contribution is 5.82. The smallest absolute Gasteiger partial charge is 0.331 e. The van der Waals surface area contributed by atoms with E-state index in [1.54, 1.807) is 6.92 Å². The lowest BCUT2D eigenvalue weighted by Gasteiger charge is -1.91. The highest BCUT2D eigenvalue weighted by atomic mass is 16.5. The zero-order valence-electron chi connectivity index (χ0n) is 8.30. The van der Waals surface area contributed by atoms with E-state index in [1.165, 1.54) is 12.2 Å². The van der Waals surface area contributed by atoms with E-state index < -0.39 is 0 Å². The van der Waals surface area contributed by atoms with E-state index in [9.17, 15) is 4.79 Å². The Morgan fingerprint density at radius 2 is 2.23 bits per heavy atom. The van der Waals surface area contributed by atoms with Gasteiger partial charge in [0.25, 0.3) is 0 Å². The van der Waals surface area contributed by atoms with Crippen LogP contribution in [0.1, 0.15) is 33.1 Å². The van der Waals surface area contributed by atoms with Gasteiger partial charge in [-0.15, -0.1) is 0 Å². The Kier molecular flexibility index (Phi) is 8.02. The summed E-state index contributed by atoms with van der Waals surface area (Å²) in [5.41, 5.74) is 0. The topological polar surface area (TPSA) is 26.3 Å². The standard InChI is InChI=1S/C11H16O2/c1-3-5-6-7-8-9-10-11(12)13-4-2/h9-10H,3-6H2,1-2H3. The Balaban J connectivity index is 3.58. The minimum absolute atomic E-state index is 0.327. The Bertz CT molecular complexity index is 218. The van der Waals surface area contributed by atoms with Crippen LogP contribution in [0.2, 0.25) is 0 Å². The number of esters is 1. The molecule has 0 aromatic heterocycles. The number of carbonyl (C=O) groups is 1. The maximum Gasteiger partial charge on any atom is 0.331 e. The van der Waals surface area contributed by atoms with Crippen LogP contribution in [0, 0.1) is 11.8 Å². The Labute approximate surface area is 80.0 Å². The van der Waals surface area contributed by atoms with Crippen molar-refractivity contribution in [1.29, 1.82) is 0 Å². The van der Waals surface area contributed by atoms with E-state index >= 15 is 0 Å². The fraction of sp³-hybridized carbons (Fsp3) is 0.545. The molecule has 0 atom stereocenters. The first-order chi connectivity index (χ1) is 6.31. The normalized spacial score (nSPS) is 9.38. The van der Waals surface area contributed by atoms with E-state index in [0.717, 1.165) is 19.3 Å². The summed E-state index contributed by atoms with van der Waals surface area (Å²) in [7, 11) is 0. The third kappa shape index (κ3) is 8.68. The van der Waals surface area contributed by atoms with Crippen LogP contribution in [0.4, 0.5) is 0 Å². The van der Waals surface area contributed by atoms with Crippen molar-refractivity contribution in [2.45, 2.75) is 33.1 Å². The Morgan fingerprint density at radius 3 is 2.85 bits per heavy atom. The van der Waals surface area contributed by atoms with Crippen molar-refractivity contribution in [1.82, 2.24) is 0 Å². The minimum atomic E-state index is -0.327. The van der Waals surface area contributed by atoms with Crippen LogP contribution in [-0.2, 0) is 9.53 Å². The molecule has 72 valence electrons. The maximum absolute atomic E-state index is 10.8. The maximum atomic E-state index is 10.8. The number of allylic oxidation sites excluding steroid dienone is 1. The predicted octanol–water partition coefficient (Wildman–Crippen LogP) is 2.30. The summed E-state index contributed by atoms with van der Waals surface area (Å²) in [5, 5.41) is 0. The predicted molar refractivity (Wildman–Crippen MR) is 53.1 cm³/mol. The highest BCUT2D eigenvalue weighted by Crippen LogP contribution is 1.90. The molecule has 0 amide bonds. The number of ether oxygens (including phenoxy) is 1. The van der Waals surface area contributed by atoms with Gasteiger partial charge in [-0.2, -0.15) is 0 Å². The molecule has 0 rings (SSSR count). The summed E-state index contributed by atoms with van der Waals surface area (Å²) in [4.78, 5) is 10.8. The first-order valence-corrected chi connectivity index (χ1v) is 4.63. The molecule has 0 saturated carbocycles. The molecule has 0 fully saturated rings. The molecule has 0 radical (unpaired) electrons. The van der Waals surface area contributed by atoms with Gasteiger partial charge in [0.05, 0.1) is 6.61 Å². The zero-order chi connectivity index (χ0) is 9.94. The first-order valence-electron chi connectivity index (χ1n) is 4.63. The molecule has 0 saturated heterocycles. The van der Waals surface area contributed by atoms with E-state index in [0.29, 0.717) is 6.61 Å². The Hall–Kier alpha value is -1.23. The fourth-order valence-electron chi connectivity index (χ4n) is 0.696. The van der Waals surface area contributed by atoms with Crippen LogP contribution in [0.3, 0.4) is 0 Å². The number of rotatable bonds is 4. The Morgan fingerprint density at radius 1 is 1.46 bits per heavy atom. The SMILES string of the molecule is CCCCC#CC=CC(=O)OCC. The molecule has 0 aromatic carbocycles. The van der Waals surface area contributed by atoms with Crippen LogP contribution in [-0.4, -0.2) is 12.6 Å². The molecule has 0 heterocycles. The second kappa shape index (κ2) is 8.86. The summed E-state index contributed by atoms with van der Waals surface area (Å²) < 4.78 is 4.68. The van der Waals surface area contributed by atoms with Crippen molar-refractivity contribution in [2.24, 2.45) is 0 Å². The van der Waals surface area contributed by atoms with Crippen molar-refractivity contribution in [3.05, 3.63) is 12.2 Å². The van der Waals surface area contributed by atoms with Crippen molar-refractivity contribution in [3.8, 4) is 11.8 Å². The minimum Gasteiger partial charge on any atom is -0.463 e. The zero-order valence-corrected chi connectivity index (χ0v) is 8.30. The average molecular weight is 180 g/mol. The van der Waals surface area contributed by atoms with Crippen LogP contribution in [0.5, 0.6) is 0 Å². The molecule has 0 bridgehead atoms. The molecule has 0 N–H and O–H groups in total. The van der Waals surface area contributed by atoms with Crippen LogP contribution in [0.15, 0.2) is 12.2 Å². The van der Waals surface area contributed by atoms with Crippen molar-refractivity contribution in [2.75, 3.05) is 6.61 Å². The molecule has 0 aromatic rings. The largest absolute Gasteiger partial charge is 0.463 e. The lowest BCUT2D eigenvalue weighted by Crippen LogP contribution is -1.98. The number of unbranched alkanes of at least 4 members (excludes halogenated alkanes) is 2. The number of carbonyl (C=O) groups excluding carboxylic acids is 1. The third-order valence-corrected chi connectivity index (χ3v) is 1.35. The molecule has 13 heavy (non-hydrogen) atoms. The molecular formula is C11H16O2.